The Hall–Kier alpha value is -2.41. The van der Waals surface area contributed by atoms with Crippen LogP contribution in [0.5, 0.6) is 5.75 Å². The first-order valence-electron chi connectivity index (χ1n) is 6.07. The van der Waals surface area contributed by atoms with Crippen LogP contribution in [0.3, 0.4) is 0 Å². The Morgan fingerprint density at radius 3 is 2.24 bits per heavy atom. The van der Waals surface area contributed by atoms with E-state index in [-0.39, 0.29) is 11.3 Å². The summed E-state index contributed by atoms with van der Waals surface area (Å²) in [7, 11) is -4.28. The lowest BCUT2D eigenvalue weighted by Gasteiger charge is -2.11. The van der Waals surface area contributed by atoms with E-state index in [2.05, 4.69) is 0 Å². The van der Waals surface area contributed by atoms with E-state index in [0.29, 0.717) is 5.56 Å². The number of hydrogen-bond donors (Lipinski definition) is 0. The first kappa shape index (κ1) is 15.0. The van der Waals surface area contributed by atoms with Gasteiger partial charge >= 0.3 is 10.1 Å². The number of nitro benzene ring substituents is 1. The second-order valence-corrected chi connectivity index (χ2v) is 5.97. The summed E-state index contributed by atoms with van der Waals surface area (Å²) in [4.78, 5) is 9.87. The number of aryl methyl sites for hydroxylation is 2. The standard InChI is InChI=1S/C14H13NO5S/c1-10-6-3-4-9-13(10)20-21(18,19)14-11(2)7-5-8-12(14)15(16)17/h3-9H,1-2H3. The first-order valence-corrected chi connectivity index (χ1v) is 7.48. The van der Waals surface area contributed by atoms with E-state index in [9.17, 15) is 18.5 Å². The SMILES string of the molecule is Cc1ccccc1OS(=O)(=O)c1c(C)cccc1[N+](=O)[O-]. The zero-order valence-electron chi connectivity index (χ0n) is 11.4. The molecule has 0 amide bonds. The predicted molar refractivity (Wildman–Crippen MR) is 76.8 cm³/mol. The highest BCUT2D eigenvalue weighted by molar-refractivity contribution is 7.87. The third kappa shape index (κ3) is 3.03. The van der Waals surface area contributed by atoms with Crippen molar-refractivity contribution in [3.8, 4) is 5.75 Å². The first-order chi connectivity index (χ1) is 9.83. The van der Waals surface area contributed by atoms with Crippen LogP contribution in [0.25, 0.3) is 0 Å². The Morgan fingerprint density at radius 2 is 1.62 bits per heavy atom. The molecule has 0 unspecified atom stereocenters. The lowest BCUT2D eigenvalue weighted by atomic mass is 10.2. The molecule has 0 atom stereocenters. The third-order valence-electron chi connectivity index (χ3n) is 2.93. The van der Waals surface area contributed by atoms with E-state index < -0.39 is 25.6 Å². The maximum atomic E-state index is 12.4. The Morgan fingerprint density at radius 1 is 1.00 bits per heavy atom. The average Bonchev–Trinajstić information content (AvgIpc) is 2.40. The molecule has 0 saturated carbocycles. The van der Waals surface area contributed by atoms with Gasteiger partial charge < -0.3 is 4.18 Å². The molecule has 0 fully saturated rings. The van der Waals surface area contributed by atoms with E-state index in [4.69, 9.17) is 4.18 Å². The normalized spacial score (nSPS) is 11.1. The maximum absolute atomic E-state index is 12.4. The molecule has 0 saturated heterocycles. The van der Waals surface area contributed by atoms with Crippen LogP contribution >= 0.6 is 0 Å². The minimum atomic E-state index is -4.28. The molecule has 7 heteroatoms. The van der Waals surface area contributed by atoms with Gasteiger partial charge in [0.1, 0.15) is 5.75 Å². The number of benzene rings is 2. The quantitative estimate of drug-likeness (QED) is 0.492. The molecular weight excluding hydrogens is 294 g/mol. The second kappa shape index (κ2) is 5.53. The van der Waals surface area contributed by atoms with Gasteiger partial charge in [0.2, 0.25) is 0 Å². The molecule has 2 aromatic carbocycles. The largest absolute Gasteiger partial charge is 0.378 e. The fourth-order valence-electron chi connectivity index (χ4n) is 1.92. The highest BCUT2D eigenvalue weighted by atomic mass is 32.2. The maximum Gasteiger partial charge on any atom is 0.346 e. The second-order valence-electron chi connectivity index (χ2n) is 4.48. The van der Waals surface area contributed by atoms with Crippen molar-refractivity contribution in [3.63, 3.8) is 0 Å². The number of hydrogen-bond acceptors (Lipinski definition) is 5. The van der Waals surface area contributed by atoms with Crippen LogP contribution in [-0.4, -0.2) is 13.3 Å². The Bertz CT molecular complexity index is 799. The van der Waals surface area contributed by atoms with Crippen LogP contribution in [-0.2, 0) is 10.1 Å². The highest BCUT2D eigenvalue weighted by Gasteiger charge is 2.30. The van der Waals surface area contributed by atoms with Crippen molar-refractivity contribution in [2.45, 2.75) is 18.7 Å². The number of nitrogens with zero attached hydrogens (tertiary/aromatic N) is 1. The summed E-state index contributed by atoms with van der Waals surface area (Å²) in [5.41, 5.74) is 0.388. The van der Waals surface area contributed by atoms with Gasteiger partial charge in [-0.3, -0.25) is 10.1 Å². The van der Waals surface area contributed by atoms with E-state index in [0.717, 1.165) is 6.07 Å². The fraction of sp³-hybridized carbons (Fsp3) is 0.143. The lowest BCUT2D eigenvalue weighted by molar-refractivity contribution is -0.388. The summed E-state index contributed by atoms with van der Waals surface area (Å²) in [6.07, 6.45) is 0. The van der Waals surface area contributed by atoms with E-state index in [1.54, 1.807) is 25.1 Å². The van der Waals surface area contributed by atoms with Crippen molar-refractivity contribution in [1.29, 1.82) is 0 Å². The van der Waals surface area contributed by atoms with Crippen LogP contribution in [0, 0.1) is 24.0 Å². The molecule has 0 aromatic heterocycles. The van der Waals surface area contributed by atoms with E-state index in [1.807, 2.05) is 0 Å². The van der Waals surface area contributed by atoms with Crippen molar-refractivity contribution < 1.29 is 17.5 Å². The minimum absolute atomic E-state index is 0.148. The summed E-state index contributed by atoms with van der Waals surface area (Å²) in [5.74, 6) is 0.148. The van der Waals surface area contributed by atoms with Crippen LogP contribution in [0.2, 0.25) is 0 Å². The molecule has 21 heavy (non-hydrogen) atoms. The van der Waals surface area contributed by atoms with Crippen LogP contribution < -0.4 is 4.18 Å². The molecule has 0 heterocycles. The molecule has 110 valence electrons. The van der Waals surface area contributed by atoms with Gasteiger partial charge in [0.25, 0.3) is 5.69 Å². The fourth-order valence-corrected chi connectivity index (χ4v) is 3.28. The Labute approximate surface area is 122 Å². The smallest absolute Gasteiger partial charge is 0.346 e. The lowest BCUT2D eigenvalue weighted by Crippen LogP contribution is -2.14. The molecule has 0 aliphatic heterocycles. The number of para-hydroxylation sites is 1. The summed E-state index contributed by atoms with van der Waals surface area (Å²) < 4.78 is 29.8. The van der Waals surface area contributed by atoms with Gasteiger partial charge in [-0.2, -0.15) is 8.42 Å². The van der Waals surface area contributed by atoms with E-state index in [1.165, 1.54) is 25.1 Å². The molecular formula is C14H13NO5S. The van der Waals surface area contributed by atoms with Crippen molar-refractivity contribution in [1.82, 2.24) is 0 Å². The van der Waals surface area contributed by atoms with Gasteiger partial charge in [-0.15, -0.1) is 0 Å². The van der Waals surface area contributed by atoms with Crippen molar-refractivity contribution >= 4 is 15.8 Å². The zero-order chi connectivity index (χ0) is 15.6. The van der Waals surface area contributed by atoms with E-state index >= 15 is 0 Å². The minimum Gasteiger partial charge on any atom is -0.378 e. The van der Waals surface area contributed by atoms with Crippen molar-refractivity contribution in [2.24, 2.45) is 0 Å². The van der Waals surface area contributed by atoms with Crippen LogP contribution in [0.1, 0.15) is 11.1 Å². The Balaban J connectivity index is 2.56. The van der Waals surface area contributed by atoms with Crippen LogP contribution in [0.15, 0.2) is 47.4 Å². The third-order valence-corrected chi connectivity index (χ3v) is 4.36. The van der Waals surface area contributed by atoms with Crippen LogP contribution in [0.4, 0.5) is 5.69 Å². The van der Waals surface area contributed by atoms with Crippen molar-refractivity contribution in [2.75, 3.05) is 0 Å². The molecule has 0 N–H and O–H groups in total. The summed E-state index contributed by atoms with van der Waals surface area (Å²) in [5, 5.41) is 11.0. The zero-order valence-corrected chi connectivity index (χ0v) is 12.3. The molecule has 0 bridgehead atoms. The summed E-state index contributed by atoms with van der Waals surface area (Å²) in [6, 6.07) is 10.6. The van der Waals surface area contributed by atoms with Gasteiger partial charge in [0.15, 0.2) is 4.90 Å². The average molecular weight is 307 g/mol. The molecule has 2 rings (SSSR count). The summed E-state index contributed by atoms with van der Waals surface area (Å²) >= 11 is 0. The van der Waals surface area contributed by atoms with Gasteiger partial charge in [-0.1, -0.05) is 30.3 Å². The molecule has 6 nitrogen and oxygen atoms in total. The molecule has 0 radical (unpaired) electrons. The van der Waals surface area contributed by atoms with Gasteiger partial charge in [-0.05, 0) is 31.0 Å². The molecule has 0 aliphatic carbocycles. The summed E-state index contributed by atoms with van der Waals surface area (Å²) in [6.45, 7) is 3.18. The van der Waals surface area contributed by atoms with Gasteiger partial charge in [0, 0.05) is 6.07 Å². The van der Waals surface area contributed by atoms with Crippen molar-refractivity contribution in [3.05, 3.63) is 63.7 Å². The topological polar surface area (TPSA) is 86.5 Å². The van der Waals surface area contributed by atoms with Gasteiger partial charge in [-0.25, -0.2) is 0 Å². The predicted octanol–water partition coefficient (Wildman–Crippen LogP) is 2.98. The molecule has 0 aliphatic rings. The Kier molecular flexibility index (Phi) is 3.95. The highest BCUT2D eigenvalue weighted by Crippen LogP contribution is 2.30. The van der Waals surface area contributed by atoms with Gasteiger partial charge in [0.05, 0.1) is 4.92 Å². The number of nitro groups is 1. The number of rotatable bonds is 4. The molecule has 2 aromatic rings. The molecule has 0 spiro atoms. The monoisotopic (exact) mass is 307 g/mol.